The first-order valence-corrected chi connectivity index (χ1v) is 12.1. The van der Waals surface area contributed by atoms with E-state index in [9.17, 15) is 10.1 Å². The smallest absolute Gasteiger partial charge is 0.413 e. The molecule has 2 atom stereocenters. The summed E-state index contributed by atoms with van der Waals surface area (Å²) >= 11 is 0. The molecule has 2 aromatic rings. The maximum Gasteiger partial charge on any atom is 0.413 e. The number of ether oxygens (including phenoxy) is 2. The zero-order valence-electron chi connectivity index (χ0n) is 19.0. The Morgan fingerprint density at radius 3 is 2.64 bits per heavy atom. The molecular weight excluding hydrogens is 416 g/mol. The van der Waals surface area contributed by atoms with Crippen LogP contribution in [0.2, 0.25) is 0 Å². The summed E-state index contributed by atoms with van der Waals surface area (Å²) in [5.41, 5.74) is 3.10. The molecule has 2 unspecified atom stereocenters. The van der Waals surface area contributed by atoms with Gasteiger partial charge in [-0.15, -0.1) is 0 Å². The number of fused-ring (bicyclic) bond motifs is 1. The van der Waals surface area contributed by atoms with Crippen LogP contribution >= 0.6 is 0 Å². The molecule has 0 spiro atoms. The van der Waals surface area contributed by atoms with Gasteiger partial charge in [0.05, 0.1) is 24.6 Å². The van der Waals surface area contributed by atoms with E-state index in [1.165, 1.54) is 6.42 Å². The lowest BCUT2D eigenvalue weighted by Crippen LogP contribution is -2.41. The lowest BCUT2D eigenvalue weighted by molar-refractivity contribution is 0.114. The van der Waals surface area contributed by atoms with Crippen molar-refractivity contribution in [2.45, 2.75) is 76.0 Å². The summed E-state index contributed by atoms with van der Waals surface area (Å²) in [6.07, 6.45) is 8.85. The highest BCUT2D eigenvalue weighted by molar-refractivity contribution is 5.83. The number of aromatic nitrogens is 1. The monoisotopic (exact) mass is 446 g/mol. The van der Waals surface area contributed by atoms with E-state index in [1.807, 2.05) is 25.1 Å². The molecule has 0 radical (unpaired) electrons. The third kappa shape index (κ3) is 4.22. The number of benzene rings is 1. The molecule has 0 saturated heterocycles. The van der Waals surface area contributed by atoms with Crippen molar-refractivity contribution in [3.05, 3.63) is 47.7 Å². The molecule has 172 valence electrons. The van der Waals surface area contributed by atoms with Gasteiger partial charge in [-0.1, -0.05) is 12.1 Å². The minimum atomic E-state index is -0.454. The molecular formula is C26H30N4O3. The summed E-state index contributed by atoms with van der Waals surface area (Å²) in [5.74, 6) is 1.00. The number of pyridine rings is 1. The number of hydrogen-bond acceptors (Lipinski definition) is 6. The SMILES string of the molecule is CCOc1ccc2c(c1)N(C1CCC1)C(c1ccc(NC(=O)OC3CCCC3)nc1)C2C#N. The number of carbonyl (C=O) groups excluding carboxylic acids is 1. The Balaban J connectivity index is 1.38. The van der Waals surface area contributed by atoms with E-state index in [1.54, 1.807) is 12.3 Å². The second-order valence-electron chi connectivity index (χ2n) is 9.11. The highest BCUT2D eigenvalue weighted by Crippen LogP contribution is 2.53. The second-order valence-corrected chi connectivity index (χ2v) is 9.11. The molecule has 2 heterocycles. The third-order valence-electron chi connectivity index (χ3n) is 7.08. The quantitative estimate of drug-likeness (QED) is 0.613. The van der Waals surface area contributed by atoms with E-state index in [2.05, 4.69) is 27.3 Å². The standard InChI is InChI=1S/C26H30N4O3/c1-2-32-20-11-12-21-22(15-27)25(30(23(21)14-20)18-6-5-7-18)17-10-13-24(28-16-17)29-26(31)33-19-8-3-4-9-19/h10-14,16,18-19,22,25H,2-9H2,1H3,(H,28,29,31). The fraction of sp³-hybridized carbons (Fsp3) is 0.500. The van der Waals surface area contributed by atoms with E-state index in [4.69, 9.17) is 9.47 Å². The Labute approximate surface area is 194 Å². The summed E-state index contributed by atoms with van der Waals surface area (Å²) in [6, 6.07) is 12.7. The number of nitrogens with zero attached hydrogens (tertiary/aromatic N) is 3. The predicted octanol–water partition coefficient (Wildman–Crippen LogP) is 5.69. The molecule has 3 aliphatic rings. The highest BCUT2D eigenvalue weighted by atomic mass is 16.6. The van der Waals surface area contributed by atoms with Crippen molar-refractivity contribution in [1.82, 2.24) is 4.98 Å². The average Bonchev–Trinajstić information content (AvgIpc) is 3.39. The number of rotatable bonds is 6. The third-order valence-corrected chi connectivity index (χ3v) is 7.08. The molecule has 1 aromatic carbocycles. The normalized spacial score (nSPS) is 22.4. The maximum absolute atomic E-state index is 12.2. The molecule has 2 aliphatic carbocycles. The van der Waals surface area contributed by atoms with Gasteiger partial charge in [-0.3, -0.25) is 5.32 Å². The van der Waals surface area contributed by atoms with Crippen molar-refractivity contribution in [2.24, 2.45) is 0 Å². The number of hydrogen-bond donors (Lipinski definition) is 1. The Bertz CT molecular complexity index is 1040. The number of anilines is 2. The number of carbonyl (C=O) groups is 1. The van der Waals surface area contributed by atoms with Crippen molar-refractivity contribution in [3.63, 3.8) is 0 Å². The van der Waals surface area contributed by atoms with Gasteiger partial charge in [0.15, 0.2) is 0 Å². The van der Waals surface area contributed by atoms with E-state index in [0.717, 1.165) is 61.1 Å². The fourth-order valence-electron chi connectivity index (χ4n) is 5.27. The summed E-state index contributed by atoms with van der Waals surface area (Å²) in [7, 11) is 0. The van der Waals surface area contributed by atoms with Gasteiger partial charge in [0.2, 0.25) is 0 Å². The zero-order chi connectivity index (χ0) is 22.8. The largest absolute Gasteiger partial charge is 0.494 e. The van der Waals surface area contributed by atoms with Crippen LogP contribution in [0.3, 0.4) is 0 Å². The van der Waals surface area contributed by atoms with Crippen molar-refractivity contribution in [3.8, 4) is 11.8 Å². The number of nitriles is 1. The van der Waals surface area contributed by atoms with Crippen molar-refractivity contribution < 1.29 is 14.3 Å². The van der Waals surface area contributed by atoms with Gasteiger partial charge in [0.1, 0.15) is 17.7 Å². The van der Waals surface area contributed by atoms with E-state index >= 15 is 0 Å². The molecule has 5 rings (SSSR count). The van der Waals surface area contributed by atoms with Gasteiger partial charge in [-0.2, -0.15) is 5.26 Å². The first-order valence-electron chi connectivity index (χ1n) is 12.1. The predicted molar refractivity (Wildman–Crippen MR) is 125 cm³/mol. The first-order chi connectivity index (χ1) is 16.2. The summed E-state index contributed by atoms with van der Waals surface area (Å²) in [5, 5.41) is 12.9. The molecule has 1 aliphatic heterocycles. The topological polar surface area (TPSA) is 87.5 Å². The van der Waals surface area contributed by atoms with E-state index in [-0.39, 0.29) is 18.1 Å². The average molecular weight is 447 g/mol. The van der Waals surface area contributed by atoms with Crippen molar-refractivity contribution in [1.29, 1.82) is 5.26 Å². The van der Waals surface area contributed by atoms with Gasteiger partial charge >= 0.3 is 6.09 Å². The van der Waals surface area contributed by atoms with Crippen LogP contribution in [0, 0.1) is 11.3 Å². The Kier molecular flexibility index (Phi) is 6.08. The van der Waals surface area contributed by atoms with Gasteiger partial charge in [0.25, 0.3) is 0 Å². The minimum Gasteiger partial charge on any atom is -0.494 e. The minimum absolute atomic E-state index is 0.00951. The van der Waals surface area contributed by atoms with Gasteiger partial charge in [0, 0.05) is 24.0 Å². The Morgan fingerprint density at radius 1 is 1.18 bits per heavy atom. The first kappa shape index (κ1) is 21.6. The lowest BCUT2D eigenvalue weighted by atomic mass is 9.88. The maximum atomic E-state index is 12.2. The second kappa shape index (κ2) is 9.30. The van der Waals surface area contributed by atoms with Crippen LogP contribution in [-0.4, -0.2) is 29.8 Å². The molecule has 33 heavy (non-hydrogen) atoms. The molecule has 2 saturated carbocycles. The van der Waals surface area contributed by atoms with Crippen LogP contribution in [0.4, 0.5) is 16.3 Å². The molecule has 7 heteroatoms. The number of nitrogens with one attached hydrogen (secondary N) is 1. The highest BCUT2D eigenvalue weighted by Gasteiger charge is 2.44. The van der Waals surface area contributed by atoms with Gasteiger partial charge in [-0.05, 0) is 75.1 Å². The summed E-state index contributed by atoms with van der Waals surface area (Å²) in [4.78, 5) is 19.1. The van der Waals surface area contributed by atoms with Gasteiger partial charge < -0.3 is 14.4 Å². The van der Waals surface area contributed by atoms with Crippen LogP contribution in [0.15, 0.2) is 36.5 Å². The van der Waals surface area contributed by atoms with Crippen LogP contribution in [0.25, 0.3) is 0 Å². The number of amides is 1. The summed E-state index contributed by atoms with van der Waals surface area (Å²) in [6.45, 7) is 2.58. The molecule has 1 amide bonds. The van der Waals surface area contributed by atoms with Gasteiger partial charge in [-0.25, -0.2) is 9.78 Å². The Hall–Kier alpha value is -3.27. The summed E-state index contributed by atoms with van der Waals surface area (Å²) < 4.78 is 11.2. The molecule has 2 fully saturated rings. The molecule has 0 bridgehead atoms. The van der Waals surface area contributed by atoms with Crippen molar-refractivity contribution in [2.75, 3.05) is 16.8 Å². The fourth-order valence-corrected chi connectivity index (χ4v) is 5.27. The van der Waals surface area contributed by atoms with Crippen LogP contribution in [-0.2, 0) is 4.74 Å². The molecule has 1 aromatic heterocycles. The molecule has 1 N–H and O–H groups in total. The zero-order valence-corrected chi connectivity index (χ0v) is 19.0. The van der Waals surface area contributed by atoms with Crippen LogP contribution in [0.1, 0.15) is 75.0 Å². The molecule has 7 nitrogen and oxygen atoms in total. The van der Waals surface area contributed by atoms with E-state index in [0.29, 0.717) is 18.5 Å². The van der Waals surface area contributed by atoms with E-state index < -0.39 is 6.09 Å². The van der Waals surface area contributed by atoms with Crippen molar-refractivity contribution >= 4 is 17.6 Å². The van der Waals surface area contributed by atoms with Crippen LogP contribution in [0.5, 0.6) is 5.75 Å². The Morgan fingerprint density at radius 2 is 2.00 bits per heavy atom. The lowest BCUT2D eigenvalue weighted by Gasteiger charge is -2.41. The van der Waals surface area contributed by atoms with Crippen LogP contribution < -0.4 is 15.0 Å².